The average Bonchev–Trinajstić information content (AvgIpc) is 3.07. The Kier molecular flexibility index (Phi) is 5.55. The fraction of sp³-hybridized carbons (Fsp3) is 0.375. The van der Waals surface area contributed by atoms with Gasteiger partial charge in [0.25, 0.3) is 0 Å². The molecule has 25 heavy (non-hydrogen) atoms. The van der Waals surface area contributed by atoms with Gasteiger partial charge in [0.1, 0.15) is 5.82 Å². The summed E-state index contributed by atoms with van der Waals surface area (Å²) in [5.41, 5.74) is 0.749. The second kappa shape index (κ2) is 7.51. The van der Waals surface area contributed by atoms with E-state index in [1.807, 2.05) is 31.2 Å². The van der Waals surface area contributed by atoms with Gasteiger partial charge in [-0.05, 0) is 31.5 Å². The minimum Gasteiger partial charge on any atom is -0.310 e. The zero-order chi connectivity index (χ0) is 18.0. The topological polar surface area (TPSA) is 81.1 Å². The Morgan fingerprint density at radius 3 is 2.92 bits per heavy atom. The van der Waals surface area contributed by atoms with Crippen LogP contribution in [-0.2, 0) is 14.6 Å². The normalized spacial score (nSPS) is 19.0. The molecule has 9 heteroatoms. The van der Waals surface area contributed by atoms with Crippen LogP contribution in [0.3, 0.4) is 0 Å². The summed E-state index contributed by atoms with van der Waals surface area (Å²) in [6.45, 7) is 1.83. The molecule has 0 bridgehead atoms. The number of hydrogen-bond donors (Lipinski definition) is 1. The second-order valence-corrected chi connectivity index (χ2v) is 10.2. The van der Waals surface area contributed by atoms with Crippen molar-refractivity contribution in [2.75, 3.05) is 22.6 Å². The number of aryl methyl sites for hydroxylation is 1. The van der Waals surface area contributed by atoms with Crippen molar-refractivity contribution >= 4 is 49.3 Å². The fourth-order valence-electron chi connectivity index (χ4n) is 2.74. The summed E-state index contributed by atoms with van der Waals surface area (Å²) in [6.07, 6.45) is 0.527. The van der Waals surface area contributed by atoms with Crippen LogP contribution < -0.4 is 5.32 Å². The molecule has 1 fully saturated rings. The lowest BCUT2D eigenvalue weighted by Crippen LogP contribution is -2.20. The van der Waals surface area contributed by atoms with Gasteiger partial charge in [-0.1, -0.05) is 22.0 Å². The van der Waals surface area contributed by atoms with Gasteiger partial charge in [0.05, 0.1) is 29.0 Å². The molecule has 1 aromatic heterocycles. The van der Waals surface area contributed by atoms with E-state index in [2.05, 4.69) is 26.3 Å². The predicted octanol–water partition coefficient (Wildman–Crippen LogP) is 3.04. The van der Waals surface area contributed by atoms with Crippen molar-refractivity contribution in [2.24, 2.45) is 0 Å². The molecular weight excluding hydrogens is 426 g/mol. The van der Waals surface area contributed by atoms with Gasteiger partial charge in [0.2, 0.25) is 5.91 Å². The largest absolute Gasteiger partial charge is 0.310 e. The van der Waals surface area contributed by atoms with Gasteiger partial charge in [0, 0.05) is 15.4 Å². The zero-order valence-electron chi connectivity index (χ0n) is 13.6. The highest BCUT2D eigenvalue weighted by atomic mass is 79.9. The highest BCUT2D eigenvalue weighted by Crippen LogP contribution is 2.27. The van der Waals surface area contributed by atoms with Gasteiger partial charge in [-0.2, -0.15) is 5.10 Å². The molecule has 1 atom stereocenters. The van der Waals surface area contributed by atoms with Crippen LogP contribution in [0.5, 0.6) is 0 Å². The monoisotopic (exact) mass is 443 g/mol. The molecule has 1 N–H and O–H groups in total. The number of benzene rings is 1. The molecule has 1 aliphatic heterocycles. The Morgan fingerprint density at radius 2 is 2.24 bits per heavy atom. The Morgan fingerprint density at radius 1 is 1.44 bits per heavy atom. The molecule has 0 spiro atoms. The maximum atomic E-state index is 12.3. The Balaban J connectivity index is 1.65. The third kappa shape index (κ3) is 4.86. The van der Waals surface area contributed by atoms with Crippen LogP contribution in [0.2, 0.25) is 0 Å². The van der Waals surface area contributed by atoms with Gasteiger partial charge in [-0.25, -0.2) is 13.1 Å². The van der Waals surface area contributed by atoms with Crippen LogP contribution in [-0.4, -0.2) is 41.4 Å². The van der Waals surface area contributed by atoms with E-state index in [-0.39, 0.29) is 29.2 Å². The Labute approximate surface area is 159 Å². The van der Waals surface area contributed by atoms with Crippen molar-refractivity contribution in [3.63, 3.8) is 0 Å². The first-order valence-electron chi connectivity index (χ1n) is 7.77. The molecule has 0 aliphatic carbocycles. The lowest BCUT2D eigenvalue weighted by Gasteiger charge is -2.13. The van der Waals surface area contributed by atoms with Gasteiger partial charge >= 0.3 is 0 Å². The van der Waals surface area contributed by atoms with Crippen LogP contribution in [0, 0.1) is 6.92 Å². The Hall–Kier alpha value is -1.32. The van der Waals surface area contributed by atoms with Gasteiger partial charge in [-0.3, -0.25) is 4.79 Å². The number of rotatable bonds is 5. The molecule has 134 valence electrons. The molecular formula is C16H18BrN3O3S2. The van der Waals surface area contributed by atoms with Crippen LogP contribution in [0.15, 0.2) is 39.7 Å². The van der Waals surface area contributed by atoms with Gasteiger partial charge in [-0.15, -0.1) is 11.8 Å². The van der Waals surface area contributed by atoms with Crippen LogP contribution in [0.4, 0.5) is 5.82 Å². The number of carbonyl (C=O) groups is 1. The summed E-state index contributed by atoms with van der Waals surface area (Å²) < 4.78 is 26.0. The number of amides is 1. The molecule has 6 nitrogen and oxygen atoms in total. The number of nitrogens with one attached hydrogen (secondary N) is 1. The van der Waals surface area contributed by atoms with Gasteiger partial charge in [0.15, 0.2) is 9.84 Å². The lowest BCUT2D eigenvalue weighted by molar-refractivity contribution is -0.113. The van der Waals surface area contributed by atoms with Crippen LogP contribution >= 0.6 is 27.7 Å². The molecule has 1 saturated heterocycles. The van der Waals surface area contributed by atoms with E-state index in [1.54, 1.807) is 10.7 Å². The third-order valence-corrected chi connectivity index (χ3v) is 7.08. The van der Waals surface area contributed by atoms with Crippen molar-refractivity contribution in [1.29, 1.82) is 0 Å². The van der Waals surface area contributed by atoms with E-state index in [0.29, 0.717) is 12.2 Å². The summed E-state index contributed by atoms with van der Waals surface area (Å²) in [7, 11) is -3.01. The van der Waals surface area contributed by atoms with Crippen LogP contribution in [0.1, 0.15) is 18.2 Å². The minimum atomic E-state index is -3.01. The fourth-order valence-corrected chi connectivity index (χ4v) is 5.74. The Bertz CT molecular complexity index is 896. The number of sulfone groups is 1. The number of hydrogen-bond acceptors (Lipinski definition) is 5. The van der Waals surface area contributed by atoms with E-state index in [4.69, 9.17) is 0 Å². The second-order valence-electron chi connectivity index (χ2n) is 5.97. The standard InChI is InChI=1S/C16H18BrN3O3S2/c1-11-7-15(20(19-11)13-5-6-25(22,23)10-13)18-16(21)9-24-14-4-2-3-12(17)8-14/h2-4,7-8,13H,5-6,9-10H2,1H3,(H,18,21). The number of halogens is 1. The maximum Gasteiger partial charge on any atom is 0.235 e. The van der Waals surface area contributed by atoms with E-state index < -0.39 is 9.84 Å². The SMILES string of the molecule is Cc1cc(NC(=O)CSc2cccc(Br)c2)n(C2CCS(=O)(=O)C2)n1. The first-order valence-corrected chi connectivity index (χ1v) is 11.4. The summed E-state index contributed by atoms with van der Waals surface area (Å²) >= 11 is 4.85. The average molecular weight is 444 g/mol. The van der Waals surface area contributed by atoms with E-state index in [1.165, 1.54) is 11.8 Å². The first-order chi connectivity index (χ1) is 11.8. The number of carbonyl (C=O) groups excluding carboxylic acids is 1. The highest BCUT2D eigenvalue weighted by Gasteiger charge is 2.31. The van der Waals surface area contributed by atoms with E-state index in [9.17, 15) is 13.2 Å². The smallest absolute Gasteiger partial charge is 0.235 e. The molecule has 2 heterocycles. The number of thioether (sulfide) groups is 1. The number of nitrogens with zero attached hydrogens (tertiary/aromatic N) is 2. The van der Waals surface area contributed by atoms with Crippen molar-refractivity contribution < 1.29 is 13.2 Å². The van der Waals surface area contributed by atoms with Crippen molar-refractivity contribution in [2.45, 2.75) is 24.3 Å². The zero-order valence-corrected chi connectivity index (χ0v) is 16.8. The lowest BCUT2D eigenvalue weighted by atomic mass is 10.3. The maximum absolute atomic E-state index is 12.3. The van der Waals surface area contributed by atoms with Crippen molar-refractivity contribution in [1.82, 2.24) is 9.78 Å². The molecule has 0 radical (unpaired) electrons. The van der Waals surface area contributed by atoms with Crippen molar-refractivity contribution in [3.8, 4) is 0 Å². The van der Waals surface area contributed by atoms with Crippen molar-refractivity contribution in [3.05, 3.63) is 40.5 Å². The number of aromatic nitrogens is 2. The highest BCUT2D eigenvalue weighted by molar-refractivity contribution is 9.10. The minimum absolute atomic E-state index is 0.0732. The van der Waals surface area contributed by atoms with Gasteiger partial charge < -0.3 is 5.32 Å². The number of anilines is 1. The molecule has 1 aliphatic rings. The summed E-state index contributed by atoms with van der Waals surface area (Å²) in [5, 5.41) is 7.22. The first kappa shape index (κ1) is 18.5. The third-order valence-electron chi connectivity index (χ3n) is 3.85. The van der Waals surface area contributed by atoms with E-state index in [0.717, 1.165) is 15.1 Å². The summed E-state index contributed by atoms with van der Waals surface area (Å²) in [6, 6.07) is 9.31. The van der Waals surface area contributed by atoms with E-state index >= 15 is 0 Å². The molecule has 3 rings (SSSR count). The molecule has 1 unspecified atom stereocenters. The molecule has 0 saturated carbocycles. The molecule has 1 amide bonds. The summed E-state index contributed by atoms with van der Waals surface area (Å²) in [5.74, 6) is 0.919. The predicted molar refractivity (Wildman–Crippen MR) is 103 cm³/mol. The summed E-state index contributed by atoms with van der Waals surface area (Å²) in [4.78, 5) is 13.3. The molecule has 1 aromatic carbocycles. The molecule has 2 aromatic rings. The quantitative estimate of drug-likeness (QED) is 0.718. The van der Waals surface area contributed by atoms with Crippen LogP contribution in [0.25, 0.3) is 0 Å².